The second-order valence-corrected chi connectivity index (χ2v) is 6.75. The number of nitrogens with zero attached hydrogens (tertiary/aromatic N) is 3. The predicted octanol–water partition coefficient (Wildman–Crippen LogP) is 3.97. The number of fused-ring (bicyclic) bond motifs is 5. The van der Waals surface area contributed by atoms with Gasteiger partial charge in [0.25, 0.3) is 0 Å². The topological polar surface area (TPSA) is 73.9 Å². The normalized spacial score (nSPS) is 15.2. The third-order valence-electron chi connectivity index (χ3n) is 5.31. The van der Waals surface area contributed by atoms with Crippen LogP contribution in [0.4, 0.5) is 5.82 Å². The van der Waals surface area contributed by atoms with E-state index in [1.54, 1.807) is 13.3 Å². The second kappa shape index (κ2) is 6.06. The van der Waals surface area contributed by atoms with Gasteiger partial charge in [0.05, 0.1) is 12.8 Å². The van der Waals surface area contributed by atoms with Gasteiger partial charge in [-0.2, -0.15) is 0 Å². The summed E-state index contributed by atoms with van der Waals surface area (Å²) in [7, 11) is 1.69. The molecule has 1 aliphatic rings. The van der Waals surface area contributed by atoms with Gasteiger partial charge in [0.1, 0.15) is 11.6 Å². The first kappa shape index (κ1) is 15.8. The van der Waals surface area contributed by atoms with Crippen molar-refractivity contribution in [3.8, 4) is 17.0 Å². The van der Waals surface area contributed by atoms with Crippen LogP contribution in [0.1, 0.15) is 22.6 Å². The number of rotatable bonds is 2. The molecular formula is C22H18N4O. The Morgan fingerprint density at radius 2 is 1.89 bits per heavy atom. The van der Waals surface area contributed by atoms with Crippen LogP contribution in [-0.2, 0) is 6.42 Å². The summed E-state index contributed by atoms with van der Waals surface area (Å²) in [6, 6.07) is 12.3. The lowest BCUT2D eigenvalue weighted by molar-refractivity contribution is 0.414. The zero-order valence-corrected chi connectivity index (χ0v) is 14.9. The van der Waals surface area contributed by atoms with Crippen LogP contribution in [0.2, 0.25) is 0 Å². The average molecular weight is 354 g/mol. The minimum absolute atomic E-state index is 0.156. The average Bonchev–Trinajstić information content (AvgIpc) is 2.73. The Kier molecular flexibility index (Phi) is 3.53. The third kappa shape index (κ3) is 2.43. The monoisotopic (exact) mass is 354 g/mol. The Balaban J connectivity index is 1.85. The summed E-state index contributed by atoms with van der Waals surface area (Å²) in [4.78, 5) is 13.3. The summed E-state index contributed by atoms with van der Waals surface area (Å²) in [5.41, 5.74) is 11.8. The number of hydrogen-bond acceptors (Lipinski definition) is 5. The molecule has 1 aromatic carbocycles. The molecule has 0 saturated heterocycles. The fraction of sp³-hybridized carbons (Fsp3) is 0.136. The quantitative estimate of drug-likeness (QED) is 0.589. The van der Waals surface area contributed by atoms with Crippen LogP contribution in [-0.4, -0.2) is 22.1 Å². The van der Waals surface area contributed by atoms with Gasteiger partial charge in [-0.15, -0.1) is 0 Å². The first-order chi connectivity index (χ1) is 13.3. The maximum atomic E-state index is 6.28. The van der Waals surface area contributed by atoms with E-state index < -0.39 is 0 Å². The maximum Gasteiger partial charge on any atom is 0.133 e. The van der Waals surface area contributed by atoms with Gasteiger partial charge < -0.3 is 10.5 Å². The van der Waals surface area contributed by atoms with E-state index in [4.69, 9.17) is 15.5 Å². The smallest absolute Gasteiger partial charge is 0.133 e. The molecule has 0 bridgehead atoms. The summed E-state index contributed by atoms with van der Waals surface area (Å²) in [6.45, 7) is 0. The summed E-state index contributed by atoms with van der Waals surface area (Å²) in [5, 5.41) is 1.98. The van der Waals surface area contributed by atoms with Crippen molar-refractivity contribution in [3.63, 3.8) is 0 Å². The van der Waals surface area contributed by atoms with E-state index in [-0.39, 0.29) is 5.92 Å². The van der Waals surface area contributed by atoms with Gasteiger partial charge in [-0.25, -0.2) is 4.98 Å². The van der Waals surface area contributed by atoms with Crippen molar-refractivity contribution < 1.29 is 4.74 Å². The highest BCUT2D eigenvalue weighted by Crippen LogP contribution is 2.45. The fourth-order valence-electron chi connectivity index (χ4n) is 4.04. The van der Waals surface area contributed by atoms with Crippen molar-refractivity contribution in [2.75, 3.05) is 12.8 Å². The summed E-state index contributed by atoms with van der Waals surface area (Å²) < 4.78 is 5.45. The highest BCUT2D eigenvalue weighted by atomic mass is 16.5. The van der Waals surface area contributed by atoms with Gasteiger partial charge in [0.15, 0.2) is 0 Å². The Hall–Kier alpha value is -3.47. The van der Waals surface area contributed by atoms with Gasteiger partial charge in [-0.3, -0.25) is 9.97 Å². The highest BCUT2D eigenvalue weighted by Gasteiger charge is 2.30. The van der Waals surface area contributed by atoms with Crippen molar-refractivity contribution in [3.05, 3.63) is 77.9 Å². The fourth-order valence-corrected chi connectivity index (χ4v) is 4.04. The molecule has 132 valence electrons. The van der Waals surface area contributed by atoms with Gasteiger partial charge >= 0.3 is 0 Å². The zero-order chi connectivity index (χ0) is 18.4. The standard InChI is InChI=1S/C22H18N4O/c1-27-15-4-2-3-13(9-15)17-10-14-5-7-24-11-18(14)21-20(17)16-6-8-25-12-19(16)22(23)26-21/h2-9,11-12,17H,10H2,1H3,(H2,23,26). The molecule has 27 heavy (non-hydrogen) atoms. The molecule has 0 saturated carbocycles. The molecule has 4 aromatic rings. The molecule has 0 amide bonds. The van der Waals surface area contributed by atoms with Crippen molar-refractivity contribution in [1.29, 1.82) is 0 Å². The maximum absolute atomic E-state index is 6.28. The van der Waals surface area contributed by atoms with Gasteiger partial charge in [-0.1, -0.05) is 12.1 Å². The first-order valence-electron chi connectivity index (χ1n) is 8.86. The molecule has 1 aliphatic carbocycles. The van der Waals surface area contributed by atoms with E-state index >= 15 is 0 Å². The van der Waals surface area contributed by atoms with E-state index in [2.05, 4.69) is 28.2 Å². The lowest BCUT2D eigenvalue weighted by atomic mass is 9.76. The number of nitrogen functional groups attached to an aromatic ring is 1. The summed E-state index contributed by atoms with van der Waals surface area (Å²) >= 11 is 0. The molecular weight excluding hydrogens is 336 g/mol. The summed E-state index contributed by atoms with van der Waals surface area (Å²) in [5.74, 6) is 1.50. The van der Waals surface area contributed by atoms with Crippen molar-refractivity contribution in [2.45, 2.75) is 12.3 Å². The molecule has 3 heterocycles. The molecule has 5 nitrogen and oxygen atoms in total. The van der Waals surface area contributed by atoms with Gasteiger partial charge in [0, 0.05) is 41.7 Å². The molecule has 0 fully saturated rings. The van der Waals surface area contributed by atoms with Crippen LogP contribution in [0, 0.1) is 0 Å². The van der Waals surface area contributed by atoms with E-state index in [9.17, 15) is 0 Å². The second-order valence-electron chi connectivity index (χ2n) is 6.75. The number of hydrogen-bond donors (Lipinski definition) is 1. The minimum atomic E-state index is 0.156. The number of anilines is 1. The number of aromatic nitrogens is 3. The van der Waals surface area contributed by atoms with Crippen LogP contribution in [0.3, 0.4) is 0 Å². The molecule has 5 heteroatoms. The lowest BCUT2D eigenvalue weighted by Crippen LogP contribution is -2.16. The Morgan fingerprint density at radius 1 is 1.04 bits per heavy atom. The summed E-state index contributed by atoms with van der Waals surface area (Å²) in [6.07, 6.45) is 8.19. The highest BCUT2D eigenvalue weighted by molar-refractivity contribution is 5.98. The molecule has 3 aromatic heterocycles. The SMILES string of the molecule is COc1cccc(C2Cc3ccncc3-c3nc(N)c4cnccc4c32)c1. The molecule has 0 aliphatic heterocycles. The van der Waals surface area contributed by atoms with Crippen LogP contribution >= 0.6 is 0 Å². The molecule has 0 spiro atoms. The molecule has 1 unspecified atom stereocenters. The van der Waals surface area contributed by atoms with Gasteiger partial charge in [0.2, 0.25) is 0 Å². The Labute approximate surface area is 156 Å². The number of benzene rings is 1. The first-order valence-corrected chi connectivity index (χ1v) is 8.86. The van der Waals surface area contributed by atoms with Crippen LogP contribution < -0.4 is 10.5 Å². The largest absolute Gasteiger partial charge is 0.497 e. The van der Waals surface area contributed by atoms with Gasteiger partial charge in [-0.05, 0) is 52.8 Å². The van der Waals surface area contributed by atoms with Crippen LogP contribution in [0.5, 0.6) is 5.75 Å². The number of pyridine rings is 3. The van der Waals surface area contributed by atoms with E-state index in [1.165, 1.54) is 16.7 Å². The minimum Gasteiger partial charge on any atom is -0.497 e. The van der Waals surface area contributed by atoms with Crippen LogP contribution in [0.15, 0.2) is 61.2 Å². The van der Waals surface area contributed by atoms with E-state index in [0.717, 1.165) is 34.2 Å². The number of methoxy groups -OCH3 is 1. The van der Waals surface area contributed by atoms with Crippen molar-refractivity contribution in [1.82, 2.24) is 15.0 Å². The Bertz CT molecular complexity index is 1170. The Morgan fingerprint density at radius 3 is 2.78 bits per heavy atom. The number of ether oxygens (including phenoxy) is 1. The molecule has 5 rings (SSSR count). The van der Waals surface area contributed by atoms with Crippen molar-refractivity contribution in [2.24, 2.45) is 0 Å². The molecule has 1 atom stereocenters. The number of nitrogens with two attached hydrogens (primary N) is 1. The lowest BCUT2D eigenvalue weighted by Gasteiger charge is -2.29. The molecule has 2 N–H and O–H groups in total. The third-order valence-corrected chi connectivity index (χ3v) is 5.31. The zero-order valence-electron chi connectivity index (χ0n) is 14.9. The van der Waals surface area contributed by atoms with Crippen molar-refractivity contribution >= 4 is 16.6 Å². The van der Waals surface area contributed by atoms with E-state index in [0.29, 0.717) is 5.82 Å². The predicted molar refractivity (Wildman–Crippen MR) is 106 cm³/mol. The van der Waals surface area contributed by atoms with E-state index in [1.807, 2.05) is 36.8 Å². The van der Waals surface area contributed by atoms with Crippen LogP contribution in [0.25, 0.3) is 22.0 Å². The molecule has 0 radical (unpaired) electrons.